The second-order valence-electron chi connectivity index (χ2n) is 6.12. The van der Waals surface area contributed by atoms with Gasteiger partial charge in [0, 0.05) is 13.2 Å². The molecule has 0 atom stereocenters. The van der Waals surface area contributed by atoms with Crippen molar-refractivity contribution in [3.63, 3.8) is 0 Å². The van der Waals surface area contributed by atoms with Crippen LogP contribution in [0, 0.1) is 58.2 Å². The van der Waals surface area contributed by atoms with E-state index in [1.165, 1.54) is 0 Å². The molecular weight excluding hydrogens is 517 g/mol. The lowest BCUT2D eigenvalue weighted by atomic mass is 10.3. The van der Waals surface area contributed by atoms with Gasteiger partial charge in [0.05, 0.1) is 10.6 Å². The van der Waals surface area contributed by atoms with Crippen molar-refractivity contribution in [3.8, 4) is 0 Å². The molecule has 0 bridgehead atoms. The van der Waals surface area contributed by atoms with E-state index in [1.54, 1.807) is 0 Å². The van der Waals surface area contributed by atoms with Crippen molar-refractivity contribution in [3.05, 3.63) is 82.4 Å². The maximum absolute atomic E-state index is 14.6. The summed E-state index contributed by atoms with van der Waals surface area (Å²) in [5.74, 6) is -26.8. The predicted molar refractivity (Wildman–Crippen MR) is 94.5 cm³/mol. The molecule has 3 rings (SSSR count). The van der Waals surface area contributed by atoms with E-state index in [0.717, 1.165) is 12.1 Å². The van der Waals surface area contributed by atoms with Crippen molar-refractivity contribution in [1.29, 1.82) is 0 Å². The summed E-state index contributed by atoms with van der Waals surface area (Å²) in [5, 5.41) is -5.33. The molecular formula is C18H5F10O3PS. The van der Waals surface area contributed by atoms with Gasteiger partial charge in [0.25, 0.3) is 10.1 Å². The predicted octanol–water partition coefficient (Wildman–Crippen LogP) is 4.08. The summed E-state index contributed by atoms with van der Waals surface area (Å²) in [6.45, 7) is 0. The van der Waals surface area contributed by atoms with E-state index in [9.17, 15) is 56.9 Å². The van der Waals surface area contributed by atoms with E-state index in [0.29, 0.717) is 12.1 Å². The molecule has 0 saturated heterocycles. The smallest absolute Gasteiger partial charge is 0.282 e. The molecule has 0 radical (unpaired) electrons. The number of halogens is 10. The third-order valence-corrected chi connectivity index (χ3v) is 7.82. The van der Waals surface area contributed by atoms with E-state index in [4.69, 9.17) is 0 Å². The Morgan fingerprint density at radius 3 is 1.18 bits per heavy atom. The monoisotopic (exact) mass is 522 g/mol. The molecule has 0 aliphatic heterocycles. The molecule has 0 spiro atoms. The summed E-state index contributed by atoms with van der Waals surface area (Å²) in [6.07, 6.45) is 0. The Morgan fingerprint density at radius 2 is 0.848 bits per heavy atom. The van der Waals surface area contributed by atoms with Crippen LogP contribution in [0.5, 0.6) is 0 Å². The first kappa shape index (κ1) is 24.9. The maximum atomic E-state index is 14.6. The molecule has 15 heteroatoms. The zero-order valence-corrected chi connectivity index (χ0v) is 16.9. The number of rotatable bonds is 4. The second kappa shape index (κ2) is 8.58. The molecule has 0 unspecified atom stereocenters. The van der Waals surface area contributed by atoms with Gasteiger partial charge < -0.3 is 0 Å². The van der Waals surface area contributed by atoms with Gasteiger partial charge in [-0.2, -0.15) is 8.42 Å². The van der Waals surface area contributed by atoms with Crippen molar-refractivity contribution < 1.29 is 56.9 Å². The summed E-state index contributed by atoms with van der Waals surface area (Å²) in [6, 6.07) is 2.79. The van der Waals surface area contributed by atoms with Crippen molar-refractivity contribution in [2.75, 3.05) is 0 Å². The van der Waals surface area contributed by atoms with Gasteiger partial charge in [0.1, 0.15) is 4.90 Å². The maximum Gasteiger partial charge on any atom is 0.295 e. The van der Waals surface area contributed by atoms with Crippen molar-refractivity contribution in [1.82, 2.24) is 0 Å². The molecule has 3 aromatic rings. The molecule has 3 nitrogen and oxygen atoms in total. The largest absolute Gasteiger partial charge is 0.295 e. The molecule has 0 saturated carbocycles. The Kier molecular flexibility index (Phi) is 6.48. The fourth-order valence-corrected chi connectivity index (χ4v) is 6.41. The fraction of sp³-hybridized carbons (Fsp3) is 0. The molecule has 0 heterocycles. The van der Waals surface area contributed by atoms with Crippen LogP contribution in [0.4, 0.5) is 43.9 Å². The van der Waals surface area contributed by atoms with E-state index >= 15 is 0 Å². The molecule has 1 N–H and O–H groups in total. The Hall–Kier alpha value is -2.70. The van der Waals surface area contributed by atoms with Crippen molar-refractivity contribution >= 4 is 34.0 Å². The van der Waals surface area contributed by atoms with Crippen LogP contribution in [-0.4, -0.2) is 13.0 Å². The van der Waals surface area contributed by atoms with Crippen LogP contribution in [0.1, 0.15) is 0 Å². The van der Waals surface area contributed by atoms with Crippen molar-refractivity contribution in [2.24, 2.45) is 0 Å². The van der Waals surface area contributed by atoms with Crippen LogP contribution in [0.25, 0.3) is 0 Å². The van der Waals surface area contributed by atoms with E-state index in [-0.39, 0.29) is 0 Å². The SMILES string of the molecule is O=S(=O)(O)c1ccccc1P(c1c(F)c(F)c(F)c(F)c1F)c1c(F)c(F)c(F)c(F)c1F. The van der Waals surface area contributed by atoms with Crippen LogP contribution in [0.2, 0.25) is 0 Å². The van der Waals surface area contributed by atoms with Gasteiger partial charge in [0.2, 0.25) is 11.6 Å². The lowest BCUT2D eigenvalue weighted by molar-refractivity contribution is 0.383. The molecule has 3 aromatic carbocycles. The lowest BCUT2D eigenvalue weighted by Gasteiger charge is -2.24. The van der Waals surface area contributed by atoms with Gasteiger partial charge >= 0.3 is 0 Å². The first-order chi connectivity index (χ1) is 15.2. The molecule has 0 amide bonds. The first-order valence-electron chi connectivity index (χ1n) is 8.11. The summed E-state index contributed by atoms with van der Waals surface area (Å²) < 4.78 is 173. The normalized spacial score (nSPS) is 12.0. The quantitative estimate of drug-likeness (QED) is 0.185. The van der Waals surface area contributed by atoms with Crippen LogP contribution >= 0.6 is 7.92 Å². The van der Waals surface area contributed by atoms with Crippen LogP contribution in [-0.2, 0) is 10.1 Å². The zero-order valence-electron chi connectivity index (χ0n) is 15.2. The van der Waals surface area contributed by atoms with Crippen LogP contribution in [0.15, 0.2) is 29.2 Å². The Bertz CT molecular complexity index is 1280. The number of hydrogen-bond acceptors (Lipinski definition) is 2. The number of hydrogen-bond donors (Lipinski definition) is 1. The summed E-state index contributed by atoms with van der Waals surface area (Å²) in [7, 11) is -9.44. The van der Waals surface area contributed by atoms with Gasteiger partial charge in [-0.3, -0.25) is 4.55 Å². The number of benzene rings is 3. The molecule has 0 aliphatic carbocycles. The second-order valence-corrected chi connectivity index (χ2v) is 9.55. The van der Waals surface area contributed by atoms with Gasteiger partial charge in [-0.25, -0.2) is 43.9 Å². The third kappa shape index (κ3) is 3.96. The van der Waals surface area contributed by atoms with Gasteiger partial charge in [-0.05, 0) is 6.07 Å². The summed E-state index contributed by atoms with van der Waals surface area (Å²) in [5.41, 5.74) is 0. The average molecular weight is 522 g/mol. The van der Waals surface area contributed by atoms with E-state index in [2.05, 4.69) is 0 Å². The van der Waals surface area contributed by atoms with E-state index in [1.807, 2.05) is 0 Å². The minimum absolute atomic E-state index is 0.512. The molecule has 0 fully saturated rings. The fourth-order valence-electron chi connectivity index (χ4n) is 2.79. The lowest BCUT2D eigenvalue weighted by Crippen LogP contribution is -2.34. The van der Waals surface area contributed by atoms with Crippen LogP contribution in [0.3, 0.4) is 0 Å². The highest BCUT2D eigenvalue weighted by Crippen LogP contribution is 2.41. The standard InChI is InChI=1S/C18H5F10O3PS/c19-7-9(21)13(25)17(14(26)10(7)22)32(5-3-1-2-4-6(5)33(29,30)31)18-15(27)11(23)8(20)12(24)16(18)28/h1-4H,(H,29,30,31). The molecule has 176 valence electrons. The highest BCUT2D eigenvalue weighted by molar-refractivity contribution is 7.88. The van der Waals surface area contributed by atoms with Gasteiger partial charge in [-0.15, -0.1) is 0 Å². The van der Waals surface area contributed by atoms with Gasteiger partial charge in [-0.1, -0.05) is 18.2 Å². The third-order valence-electron chi connectivity index (χ3n) is 4.20. The molecule has 0 aliphatic rings. The van der Waals surface area contributed by atoms with Gasteiger partial charge in [0.15, 0.2) is 46.5 Å². The first-order valence-corrected chi connectivity index (χ1v) is 10.9. The molecule has 0 aromatic heterocycles. The van der Waals surface area contributed by atoms with E-state index < -0.39 is 97.0 Å². The highest BCUT2D eigenvalue weighted by atomic mass is 32.2. The summed E-state index contributed by atoms with van der Waals surface area (Å²) >= 11 is 0. The minimum Gasteiger partial charge on any atom is -0.282 e. The zero-order chi connectivity index (χ0) is 25.0. The Labute approximate surface area is 178 Å². The topological polar surface area (TPSA) is 54.4 Å². The highest BCUT2D eigenvalue weighted by Gasteiger charge is 2.40. The minimum atomic E-state index is -5.40. The summed E-state index contributed by atoms with van der Waals surface area (Å²) in [4.78, 5) is -1.34. The van der Waals surface area contributed by atoms with Crippen LogP contribution < -0.4 is 15.9 Å². The Balaban J connectivity index is 2.63. The molecule has 33 heavy (non-hydrogen) atoms. The Morgan fingerprint density at radius 1 is 0.545 bits per heavy atom. The van der Waals surface area contributed by atoms with Crippen molar-refractivity contribution in [2.45, 2.75) is 4.90 Å². The average Bonchev–Trinajstić information content (AvgIpc) is 2.77.